The summed E-state index contributed by atoms with van der Waals surface area (Å²) in [6.45, 7) is 3.68. The van der Waals surface area contributed by atoms with Gasteiger partial charge in [0.25, 0.3) is 0 Å². The first-order valence-electron chi connectivity index (χ1n) is 4.25. The molecule has 0 aliphatic carbocycles. The van der Waals surface area contributed by atoms with Gasteiger partial charge in [-0.3, -0.25) is 9.59 Å². The Morgan fingerprint density at radius 1 is 1.29 bits per heavy atom. The second-order valence-electron chi connectivity index (χ2n) is 3.13. The fourth-order valence-electron chi connectivity index (χ4n) is 1.48. The highest BCUT2D eigenvalue weighted by atomic mass is 16.5. The molecule has 14 heavy (non-hydrogen) atoms. The molecule has 1 rings (SSSR count). The maximum Gasteiger partial charge on any atom is 0.225 e. The minimum atomic E-state index is -0.501. The molecule has 0 aliphatic rings. The lowest BCUT2D eigenvalue weighted by atomic mass is 10.0. The van der Waals surface area contributed by atoms with Gasteiger partial charge in [0.05, 0.1) is 7.11 Å². The van der Waals surface area contributed by atoms with Crippen molar-refractivity contribution in [2.24, 2.45) is 0 Å². The molecule has 0 aliphatic heterocycles. The van der Waals surface area contributed by atoms with Gasteiger partial charge in [-0.2, -0.15) is 0 Å². The van der Waals surface area contributed by atoms with E-state index in [1.165, 1.54) is 0 Å². The maximum absolute atomic E-state index is 11.1. The van der Waals surface area contributed by atoms with Crippen LogP contribution in [0, 0.1) is 13.8 Å². The molecule has 3 nitrogen and oxygen atoms in total. The van der Waals surface area contributed by atoms with E-state index in [-0.39, 0.29) is 0 Å². The fourth-order valence-corrected chi connectivity index (χ4v) is 1.48. The normalized spacial score (nSPS) is 9.64. The number of aldehydes is 1. The minimum absolute atomic E-state index is 0.320. The minimum Gasteiger partial charge on any atom is -0.496 e. The lowest BCUT2D eigenvalue weighted by molar-refractivity contribution is -0.104. The van der Waals surface area contributed by atoms with Gasteiger partial charge in [0, 0.05) is 5.56 Å². The molecule has 0 atom stereocenters. The van der Waals surface area contributed by atoms with Crippen molar-refractivity contribution in [2.45, 2.75) is 13.8 Å². The van der Waals surface area contributed by atoms with Crippen molar-refractivity contribution < 1.29 is 14.3 Å². The van der Waals surface area contributed by atoms with Crippen LogP contribution in [0.4, 0.5) is 0 Å². The van der Waals surface area contributed by atoms with E-state index in [2.05, 4.69) is 0 Å². The summed E-state index contributed by atoms with van der Waals surface area (Å²) in [7, 11) is 1.58. The van der Waals surface area contributed by atoms with Crippen LogP contribution < -0.4 is 4.74 Å². The van der Waals surface area contributed by atoms with E-state index < -0.39 is 5.78 Å². The molecule has 0 bridgehead atoms. The summed E-state index contributed by atoms with van der Waals surface area (Å²) in [5, 5.41) is 0. The van der Waals surface area contributed by atoms with Gasteiger partial charge in [-0.25, -0.2) is 0 Å². The number of aryl methyl sites for hydroxylation is 2. The van der Waals surface area contributed by atoms with Crippen molar-refractivity contribution in [1.29, 1.82) is 0 Å². The molecule has 0 spiro atoms. The molecule has 0 unspecified atom stereocenters. The van der Waals surface area contributed by atoms with Gasteiger partial charge in [0.2, 0.25) is 5.78 Å². The lowest BCUT2D eigenvalue weighted by Crippen LogP contribution is -2.02. The summed E-state index contributed by atoms with van der Waals surface area (Å²) in [6.07, 6.45) is 0.320. The molecule has 0 heterocycles. The van der Waals surface area contributed by atoms with Crippen LogP contribution in [0.5, 0.6) is 5.75 Å². The summed E-state index contributed by atoms with van der Waals surface area (Å²) >= 11 is 0. The number of ketones is 1. The molecule has 0 fully saturated rings. The van der Waals surface area contributed by atoms with Gasteiger partial charge in [0.1, 0.15) is 5.75 Å². The predicted molar refractivity (Wildman–Crippen MR) is 52.9 cm³/mol. The van der Waals surface area contributed by atoms with Crippen molar-refractivity contribution >= 4 is 12.1 Å². The number of carbonyl (C=O) groups is 2. The van der Waals surface area contributed by atoms with Crippen LogP contribution in [-0.4, -0.2) is 19.2 Å². The zero-order valence-corrected chi connectivity index (χ0v) is 8.46. The Morgan fingerprint density at radius 2 is 1.79 bits per heavy atom. The molecule has 1 aromatic rings. The van der Waals surface area contributed by atoms with Gasteiger partial charge in [-0.15, -0.1) is 0 Å². The van der Waals surface area contributed by atoms with Gasteiger partial charge in [-0.05, 0) is 37.1 Å². The lowest BCUT2D eigenvalue weighted by Gasteiger charge is -2.09. The first kappa shape index (κ1) is 10.4. The van der Waals surface area contributed by atoms with Crippen molar-refractivity contribution in [1.82, 2.24) is 0 Å². The summed E-state index contributed by atoms with van der Waals surface area (Å²) in [5.41, 5.74) is 2.13. The zero-order valence-electron chi connectivity index (χ0n) is 8.46. The van der Waals surface area contributed by atoms with E-state index in [1.807, 2.05) is 13.8 Å². The molecule has 0 radical (unpaired) electrons. The second-order valence-corrected chi connectivity index (χ2v) is 3.13. The van der Waals surface area contributed by atoms with E-state index in [1.54, 1.807) is 19.2 Å². The van der Waals surface area contributed by atoms with Crippen molar-refractivity contribution in [3.8, 4) is 5.75 Å². The van der Waals surface area contributed by atoms with Gasteiger partial charge >= 0.3 is 0 Å². The standard InChI is InChI=1S/C11H12O3/c1-7-4-9(10(13)6-12)5-8(2)11(7)14-3/h4-6H,1-3H3. The summed E-state index contributed by atoms with van der Waals surface area (Å²) in [5.74, 6) is 0.256. The van der Waals surface area contributed by atoms with Crippen LogP contribution in [0.25, 0.3) is 0 Å². The number of ether oxygens (including phenoxy) is 1. The van der Waals surface area contributed by atoms with Crippen LogP contribution >= 0.6 is 0 Å². The molecule has 0 N–H and O–H groups in total. The highest BCUT2D eigenvalue weighted by Gasteiger charge is 2.09. The van der Waals surface area contributed by atoms with Crippen LogP contribution in [-0.2, 0) is 4.79 Å². The largest absolute Gasteiger partial charge is 0.496 e. The monoisotopic (exact) mass is 192 g/mol. The summed E-state index contributed by atoms with van der Waals surface area (Å²) in [4.78, 5) is 21.4. The summed E-state index contributed by atoms with van der Waals surface area (Å²) in [6, 6.07) is 3.31. The number of rotatable bonds is 3. The van der Waals surface area contributed by atoms with Crippen LogP contribution in [0.1, 0.15) is 21.5 Å². The SMILES string of the molecule is COc1c(C)cc(C(=O)C=O)cc1C. The first-order chi connectivity index (χ1) is 6.60. The van der Waals surface area contributed by atoms with Gasteiger partial charge in [0.15, 0.2) is 6.29 Å². The van der Waals surface area contributed by atoms with Crippen molar-refractivity contribution in [3.63, 3.8) is 0 Å². The average Bonchev–Trinajstić information content (AvgIpc) is 2.16. The first-order valence-corrected chi connectivity index (χ1v) is 4.25. The summed E-state index contributed by atoms with van der Waals surface area (Å²) < 4.78 is 5.14. The Kier molecular flexibility index (Phi) is 3.02. The molecule has 3 heteroatoms. The number of carbonyl (C=O) groups excluding carboxylic acids is 2. The molecule has 0 saturated carbocycles. The third-order valence-corrected chi connectivity index (χ3v) is 2.06. The molecule has 74 valence electrons. The van der Waals surface area contributed by atoms with Crippen LogP contribution in [0.15, 0.2) is 12.1 Å². The Hall–Kier alpha value is -1.64. The van der Waals surface area contributed by atoms with Crippen molar-refractivity contribution in [2.75, 3.05) is 7.11 Å². The highest BCUT2D eigenvalue weighted by molar-refractivity contribution is 6.33. The average molecular weight is 192 g/mol. The Balaban J connectivity index is 3.27. The second kappa shape index (κ2) is 4.05. The maximum atomic E-state index is 11.1. The van der Waals surface area contributed by atoms with E-state index in [4.69, 9.17) is 4.74 Å². The van der Waals surface area contributed by atoms with E-state index in [0.29, 0.717) is 11.8 Å². The third kappa shape index (κ3) is 1.82. The number of hydrogen-bond donors (Lipinski definition) is 0. The van der Waals surface area contributed by atoms with Gasteiger partial charge in [-0.1, -0.05) is 0 Å². The molecule has 0 amide bonds. The highest BCUT2D eigenvalue weighted by Crippen LogP contribution is 2.24. The third-order valence-electron chi connectivity index (χ3n) is 2.06. The Bertz CT molecular complexity index is 357. The smallest absolute Gasteiger partial charge is 0.225 e. The quantitative estimate of drug-likeness (QED) is 0.416. The molecule has 0 aromatic heterocycles. The van der Waals surface area contributed by atoms with Crippen molar-refractivity contribution in [3.05, 3.63) is 28.8 Å². The topological polar surface area (TPSA) is 43.4 Å². The van der Waals surface area contributed by atoms with Gasteiger partial charge < -0.3 is 4.74 Å². The fraction of sp³-hybridized carbons (Fsp3) is 0.273. The zero-order chi connectivity index (χ0) is 10.7. The Labute approximate surface area is 82.7 Å². The van der Waals surface area contributed by atoms with Crippen LogP contribution in [0.3, 0.4) is 0 Å². The number of methoxy groups -OCH3 is 1. The number of benzene rings is 1. The van der Waals surface area contributed by atoms with E-state index >= 15 is 0 Å². The van der Waals surface area contributed by atoms with E-state index in [0.717, 1.165) is 16.9 Å². The van der Waals surface area contributed by atoms with Crippen LogP contribution in [0.2, 0.25) is 0 Å². The number of Topliss-reactive ketones (excluding diaryl/α,β-unsaturated/α-hetero) is 1. The van der Waals surface area contributed by atoms with E-state index in [9.17, 15) is 9.59 Å². The predicted octanol–water partition coefficient (Wildman–Crippen LogP) is 1.69. The number of hydrogen-bond acceptors (Lipinski definition) is 3. The Morgan fingerprint density at radius 3 is 2.14 bits per heavy atom. The molecule has 0 saturated heterocycles. The molecular formula is C11H12O3. The molecule has 1 aromatic carbocycles. The molecular weight excluding hydrogens is 180 g/mol.